The summed E-state index contributed by atoms with van der Waals surface area (Å²) in [6.07, 6.45) is 5.12. The summed E-state index contributed by atoms with van der Waals surface area (Å²) in [7, 11) is 0. The second kappa shape index (κ2) is 2.84. The molecule has 1 nitrogen and oxygen atoms in total. The standard InChI is InChI=1S/C10H12BrN/c1-10(5-9(10)6-11)8-3-2-4-12-7-8/h2-4,7,9H,5-6H2,1H3. The molecule has 2 atom stereocenters. The van der Waals surface area contributed by atoms with Crippen molar-refractivity contribution in [1.29, 1.82) is 0 Å². The zero-order valence-electron chi connectivity index (χ0n) is 7.13. The monoisotopic (exact) mass is 225 g/mol. The van der Waals surface area contributed by atoms with Crippen molar-refractivity contribution in [2.24, 2.45) is 5.92 Å². The van der Waals surface area contributed by atoms with Crippen LogP contribution in [0.1, 0.15) is 18.9 Å². The first-order valence-electron chi connectivity index (χ1n) is 4.24. The van der Waals surface area contributed by atoms with Gasteiger partial charge in [0.25, 0.3) is 0 Å². The third-order valence-electron chi connectivity index (χ3n) is 2.92. The van der Waals surface area contributed by atoms with Crippen molar-refractivity contribution in [3.05, 3.63) is 30.1 Å². The van der Waals surface area contributed by atoms with Crippen LogP contribution in [0.25, 0.3) is 0 Å². The van der Waals surface area contributed by atoms with E-state index in [1.165, 1.54) is 12.0 Å². The maximum atomic E-state index is 4.14. The molecular formula is C10H12BrN. The average Bonchev–Trinajstić information content (AvgIpc) is 2.81. The summed E-state index contributed by atoms with van der Waals surface area (Å²) in [5.74, 6) is 0.807. The highest BCUT2D eigenvalue weighted by molar-refractivity contribution is 9.09. The number of aromatic nitrogens is 1. The van der Waals surface area contributed by atoms with Gasteiger partial charge >= 0.3 is 0 Å². The van der Waals surface area contributed by atoms with Crippen LogP contribution in [0.15, 0.2) is 24.5 Å². The summed E-state index contributed by atoms with van der Waals surface area (Å²) in [6.45, 7) is 2.32. The van der Waals surface area contributed by atoms with E-state index in [1.54, 1.807) is 0 Å². The Kier molecular flexibility index (Phi) is 1.95. The Hall–Kier alpha value is -0.370. The Labute approximate surface area is 81.3 Å². The van der Waals surface area contributed by atoms with Crippen LogP contribution >= 0.6 is 15.9 Å². The van der Waals surface area contributed by atoms with E-state index >= 15 is 0 Å². The van der Waals surface area contributed by atoms with Crippen molar-refractivity contribution in [2.45, 2.75) is 18.8 Å². The first-order valence-corrected chi connectivity index (χ1v) is 5.36. The largest absolute Gasteiger partial charge is 0.264 e. The van der Waals surface area contributed by atoms with E-state index in [0.29, 0.717) is 5.41 Å². The molecule has 0 aliphatic heterocycles. The van der Waals surface area contributed by atoms with E-state index in [2.05, 4.69) is 33.9 Å². The Morgan fingerprint density at radius 3 is 3.08 bits per heavy atom. The lowest BCUT2D eigenvalue weighted by atomic mass is 9.98. The molecule has 2 heteroatoms. The van der Waals surface area contributed by atoms with Crippen LogP contribution in [0, 0.1) is 5.92 Å². The second-order valence-corrected chi connectivity index (χ2v) is 4.36. The molecule has 1 aliphatic rings. The van der Waals surface area contributed by atoms with E-state index in [0.717, 1.165) is 11.2 Å². The number of pyridine rings is 1. The Balaban J connectivity index is 2.23. The van der Waals surface area contributed by atoms with Crippen LogP contribution in [-0.4, -0.2) is 10.3 Å². The SMILES string of the molecule is CC1(c2cccnc2)CC1CBr. The fourth-order valence-electron chi connectivity index (χ4n) is 1.73. The molecule has 1 aliphatic carbocycles. The number of hydrogen-bond acceptors (Lipinski definition) is 1. The lowest BCUT2D eigenvalue weighted by Gasteiger charge is -2.09. The van der Waals surface area contributed by atoms with Gasteiger partial charge in [-0.3, -0.25) is 4.98 Å². The van der Waals surface area contributed by atoms with E-state index in [-0.39, 0.29) is 0 Å². The summed E-state index contributed by atoms with van der Waals surface area (Å²) in [5.41, 5.74) is 1.78. The molecule has 2 unspecified atom stereocenters. The van der Waals surface area contributed by atoms with Gasteiger partial charge in [-0.2, -0.15) is 0 Å². The first-order chi connectivity index (χ1) is 5.77. The first kappa shape index (κ1) is 8.24. The molecule has 1 heterocycles. The molecule has 0 N–H and O–H groups in total. The van der Waals surface area contributed by atoms with E-state index in [9.17, 15) is 0 Å². The molecule has 0 radical (unpaired) electrons. The van der Waals surface area contributed by atoms with Crippen LogP contribution in [0.4, 0.5) is 0 Å². The van der Waals surface area contributed by atoms with Crippen molar-refractivity contribution in [3.8, 4) is 0 Å². The molecular weight excluding hydrogens is 214 g/mol. The van der Waals surface area contributed by atoms with Gasteiger partial charge in [0.1, 0.15) is 0 Å². The molecule has 1 aromatic rings. The highest BCUT2D eigenvalue weighted by Gasteiger charge is 2.50. The van der Waals surface area contributed by atoms with Gasteiger partial charge in [0.15, 0.2) is 0 Å². The lowest BCUT2D eigenvalue weighted by molar-refractivity contribution is 0.706. The van der Waals surface area contributed by atoms with Gasteiger partial charge in [0.2, 0.25) is 0 Å². The van der Waals surface area contributed by atoms with Crippen LogP contribution in [0.5, 0.6) is 0 Å². The Bertz CT molecular complexity index is 272. The third-order valence-corrected chi connectivity index (χ3v) is 3.70. The van der Waals surface area contributed by atoms with Gasteiger partial charge in [-0.1, -0.05) is 28.9 Å². The lowest BCUT2D eigenvalue weighted by Crippen LogP contribution is -2.04. The van der Waals surface area contributed by atoms with Crippen molar-refractivity contribution in [1.82, 2.24) is 4.98 Å². The summed E-state index contributed by atoms with van der Waals surface area (Å²) in [4.78, 5) is 4.14. The highest BCUT2D eigenvalue weighted by Crippen LogP contribution is 2.54. The number of halogens is 1. The van der Waals surface area contributed by atoms with Gasteiger partial charge in [-0.15, -0.1) is 0 Å². The Morgan fingerprint density at radius 2 is 2.58 bits per heavy atom. The summed E-state index contributed by atoms with van der Waals surface area (Å²) in [6, 6.07) is 4.19. The molecule has 2 rings (SSSR count). The molecule has 0 aromatic carbocycles. The maximum absolute atomic E-state index is 4.14. The molecule has 0 bridgehead atoms. The quantitative estimate of drug-likeness (QED) is 0.706. The molecule has 0 saturated heterocycles. The van der Waals surface area contributed by atoms with Crippen LogP contribution < -0.4 is 0 Å². The van der Waals surface area contributed by atoms with Gasteiger partial charge in [-0.05, 0) is 29.4 Å². The van der Waals surface area contributed by atoms with Gasteiger partial charge < -0.3 is 0 Å². The fourth-order valence-corrected chi connectivity index (χ4v) is 2.68. The van der Waals surface area contributed by atoms with Crippen molar-refractivity contribution in [2.75, 3.05) is 5.33 Å². The number of rotatable bonds is 2. The third kappa shape index (κ3) is 1.18. The van der Waals surface area contributed by atoms with Crippen LogP contribution in [0.3, 0.4) is 0 Å². The van der Waals surface area contributed by atoms with E-state index in [4.69, 9.17) is 0 Å². The molecule has 0 amide bonds. The van der Waals surface area contributed by atoms with Crippen molar-refractivity contribution >= 4 is 15.9 Å². The predicted octanol–water partition coefficient (Wildman–Crippen LogP) is 2.75. The smallest absolute Gasteiger partial charge is 0.0305 e. The number of nitrogens with zero attached hydrogens (tertiary/aromatic N) is 1. The van der Waals surface area contributed by atoms with Crippen molar-refractivity contribution in [3.63, 3.8) is 0 Å². The number of hydrogen-bond donors (Lipinski definition) is 0. The average molecular weight is 226 g/mol. The summed E-state index contributed by atoms with van der Waals surface area (Å²) < 4.78 is 0. The topological polar surface area (TPSA) is 12.9 Å². The van der Waals surface area contributed by atoms with Gasteiger partial charge in [0, 0.05) is 17.7 Å². The molecule has 1 saturated carbocycles. The zero-order chi connectivity index (χ0) is 8.60. The van der Waals surface area contributed by atoms with Crippen LogP contribution in [-0.2, 0) is 5.41 Å². The molecule has 1 aromatic heterocycles. The van der Waals surface area contributed by atoms with Gasteiger partial charge in [-0.25, -0.2) is 0 Å². The normalized spacial score (nSPS) is 33.3. The maximum Gasteiger partial charge on any atom is 0.0305 e. The van der Waals surface area contributed by atoms with E-state index in [1.807, 2.05) is 18.5 Å². The minimum Gasteiger partial charge on any atom is -0.264 e. The summed E-state index contributed by atoms with van der Waals surface area (Å²) in [5, 5.41) is 1.11. The highest BCUT2D eigenvalue weighted by atomic mass is 79.9. The number of alkyl halides is 1. The van der Waals surface area contributed by atoms with Crippen LogP contribution in [0.2, 0.25) is 0 Å². The minimum absolute atomic E-state index is 0.401. The van der Waals surface area contributed by atoms with E-state index < -0.39 is 0 Å². The second-order valence-electron chi connectivity index (χ2n) is 3.71. The fraction of sp³-hybridized carbons (Fsp3) is 0.500. The molecule has 1 fully saturated rings. The molecule has 12 heavy (non-hydrogen) atoms. The van der Waals surface area contributed by atoms with Gasteiger partial charge in [0.05, 0.1) is 0 Å². The summed E-state index contributed by atoms with van der Waals surface area (Å²) >= 11 is 3.53. The van der Waals surface area contributed by atoms with Crippen molar-refractivity contribution < 1.29 is 0 Å². The zero-order valence-corrected chi connectivity index (χ0v) is 8.71. The molecule has 0 spiro atoms. The molecule has 64 valence electrons. The minimum atomic E-state index is 0.401. The Morgan fingerprint density at radius 1 is 1.75 bits per heavy atom. The predicted molar refractivity (Wildman–Crippen MR) is 53.5 cm³/mol.